The van der Waals surface area contributed by atoms with Crippen molar-refractivity contribution in [2.75, 3.05) is 24.9 Å². The highest BCUT2D eigenvalue weighted by molar-refractivity contribution is 5.93. The van der Waals surface area contributed by atoms with Crippen molar-refractivity contribution in [3.8, 4) is 11.5 Å². The highest BCUT2D eigenvalue weighted by Crippen LogP contribution is 2.18. The second-order valence-electron chi connectivity index (χ2n) is 5.41. The molecule has 2 aromatic carbocycles. The van der Waals surface area contributed by atoms with Gasteiger partial charge in [-0.15, -0.1) is 0 Å². The van der Waals surface area contributed by atoms with Crippen molar-refractivity contribution in [2.45, 2.75) is 19.3 Å². The average molecular weight is 342 g/mol. The van der Waals surface area contributed by atoms with Crippen LogP contribution in [0.1, 0.15) is 19.3 Å². The molecule has 2 rings (SSSR count). The summed E-state index contributed by atoms with van der Waals surface area (Å²) in [7, 11) is 3.14. The van der Waals surface area contributed by atoms with Crippen LogP contribution in [0.15, 0.2) is 48.5 Å². The van der Waals surface area contributed by atoms with Gasteiger partial charge in [-0.05, 0) is 30.7 Å². The van der Waals surface area contributed by atoms with E-state index in [2.05, 4.69) is 10.6 Å². The van der Waals surface area contributed by atoms with Gasteiger partial charge in [-0.2, -0.15) is 0 Å². The van der Waals surface area contributed by atoms with Gasteiger partial charge >= 0.3 is 0 Å². The van der Waals surface area contributed by atoms with Crippen LogP contribution in [0.3, 0.4) is 0 Å². The third-order valence-corrected chi connectivity index (χ3v) is 3.51. The number of benzene rings is 2. The fraction of sp³-hybridized carbons (Fsp3) is 0.263. The number of amides is 2. The van der Waals surface area contributed by atoms with Crippen molar-refractivity contribution in [3.05, 3.63) is 48.5 Å². The molecule has 0 bridgehead atoms. The normalized spacial score (nSPS) is 10.0. The Hall–Kier alpha value is -3.02. The quantitative estimate of drug-likeness (QED) is 0.770. The van der Waals surface area contributed by atoms with E-state index in [1.165, 1.54) is 0 Å². The molecule has 6 heteroatoms. The van der Waals surface area contributed by atoms with Gasteiger partial charge in [-0.3, -0.25) is 9.59 Å². The summed E-state index contributed by atoms with van der Waals surface area (Å²) in [6.45, 7) is 0. The van der Waals surface area contributed by atoms with E-state index in [9.17, 15) is 9.59 Å². The van der Waals surface area contributed by atoms with Crippen LogP contribution in [0.2, 0.25) is 0 Å². The SMILES string of the molecule is COc1cccc(NC(=O)CCCC(=O)Nc2cccc(OC)c2)c1. The Balaban J connectivity index is 1.73. The third-order valence-electron chi connectivity index (χ3n) is 3.51. The molecule has 2 aromatic rings. The molecular formula is C19H22N2O4. The van der Waals surface area contributed by atoms with Crippen molar-refractivity contribution in [3.63, 3.8) is 0 Å². The molecule has 0 fully saturated rings. The van der Waals surface area contributed by atoms with Crippen molar-refractivity contribution in [1.82, 2.24) is 0 Å². The largest absolute Gasteiger partial charge is 0.497 e. The number of carbonyl (C=O) groups is 2. The molecule has 0 aliphatic rings. The van der Waals surface area contributed by atoms with Crippen LogP contribution < -0.4 is 20.1 Å². The molecule has 0 atom stereocenters. The average Bonchev–Trinajstić information content (AvgIpc) is 2.62. The summed E-state index contributed by atoms with van der Waals surface area (Å²) in [5.74, 6) is 1.08. The summed E-state index contributed by atoms with van der Waals surface area (Å²) in [5.41, 5.74) is 1.34. The van der Waals surface area contributed by atoms with Crippen LogP contribution >= 0.6 is 0 Å². The van der Waals surface area contributed by atoms with E-state index in [0.29, 0.717) is 29.3 Å². The molecule has 6 nitrogen and oxygen atoms in total. The zero-order valence-corrected chi connectivity index (χ0v) is 14.4. The standard InChI is InChI=1S/C19H22N2O4/c1-24-16-8-3-6-14(12-16)20-18(22)10-5-11-19(23)21-15-7-4-9-17(13-15)25-2/h3-4,6-9,12-13H,5,10-11H2,1-2H3,(H,20,22)(H,21,23). The number of rotatable bonds is 8. The first-order chi connectivity index (χ1) is 12.1. The van der Waals surface area contributed by atoms with Gasteiger partial charge in [0.1, 0.15) is 11.5 Å². The smallest absolute Gasteiger partial charge is 0.224 e. The van der Waals surface area contributed by atoms with Crippen molar-refractivity contribution in [1.29, 1.82) is 0 Å². The molecule has 0 unspecified atom stereocenters. The Kier molecular flexibility index (Phi) is 6.83. The van der Waals surface area contributed by atoms with Crippen molar-refractivity contribution in [2.24, 2.45) is 0 Å². The van der Waals surface area contributed by atoms with E-state index in [1.54, 1.807) is 62.8 Å². The van der Waals surface area contributed by atoms with E-state index < -0.39 is 0 Å². The van der Waals surface area contributed by atoms with Gasteiger partial charge in [0.25, 0.3) is 0 Å². The topological polar surface area (TPSA) is 76.7 Å². The number of ether oxygens (including phenoxy) is 2. The number of hydrogen-bond acceptors (Lipinski definition) is 4. The van der Waals surface area contributed by atoms with Crippen LogP contribution in [-0.2, 0) is 9.59 Å². The van der Waals surface area contributed by atoms with Gasteiger partial charge in [-0.1, -0.05) is 12.1 Å². The predicted molar refractivity (Wildman–Crippen MR) is 97.1 cm³/mol. The van der Waals surface area contributed by atoms with Gasteiger partial charge < -0.3 is 20.1 Å². The van der Waals surface area contributed by atoms with Gasteiger partial charge in [-0.25, -0.2) is 0 Å². The fourth-order valence-corrected chi connectivity index (χ4v) is 2.26. The number of methoxy groups -OCH3 is 2. The summed E-state index contributed by atoms with van der Waals surface area (Å²) in [6, 6.07) is 14.3. The summed E-state index contributed by atoms with van der Waals surface area (Å²) in [4.78, 5) is 23.9. The van der Waals surface area contributed by atoms with Crippen molar-refractivity contribution >= 4 is 23.2 Å². The second kappa shape index (κ2) is 9.32. The van der Waals surface area contributed by atoms with E-state index in [0.717, 1.165) is 0 Å². The summed E-state index contributed by atoms with van der Waals surface area (Å²) in [6.07, 6.45) is 0.997. The lowest BCUT2D eigenvalue weighted by Crippen LogP contribution is -2.14. The molecule has 0 aromatic heterocycles. The molecule has 0 radical (unpaired) electrons. The Morgan fingerprint density at radius 2 is 1.24 bits per heavy atom. The molecule has 0 saturated heterocycles. The highest BCUT2D eigenvalue weighted by Gasteiger charge is 2.07. The summed E-state index contributed by atoms with van der Waals surface area (Å²) in [5, 5.41) is 5.58. The fourth-order valence-electron chi connectivity index (χ4n) is 2.26. The minimum Gasteiger partial charge on any atom is -0.497 e. The number of anilines is 2. The Morgan fingerprint density at radius 3 is 1.64 bits per heavy atom. The molecule has 0 spiro atoms. The van der Waals surface area contributed by atoms with Crippen LogP contribution in [0, 0.1) is 0 Å². The van der Waals surface area contributed by atoms with Gasteiger partial charge in [0.15, 0.2) is 0 Å². The maximum absolute atomic E-state index is 11.9. The van der Waals surface area contributed by atoms with Crippen LogP contribution in [0.25, 0.3) is 0 Å². The van der Waals surface area contributed by atoms with Gasteiger partial charge in [0.05, 0.1) is 14.2 Å². The molecule has 2 amide bonds. The minimum absolute atomic E-state index is 0.137. The monoisotopic (exact) mass is 342 g/mol. The zero-order chi connectivity index (χ0) is 18.1. The lowest BCUT2D eigenvalue weighted by molar-refractivity contribution is -0.117. The Morgan fingerprint density at radius 1 is 0.800 bits per heavy atom. The number of nitrogens with one attached hydrogen (secondary N) is 2. The minimum atomic E-state index is -0.137. The molecule has 2 N–H and O–H groups in total. The highest BCUT2D eigenvalue weighted by atomic mass is 16.5. The van der Waals surface area contributed by atoms with Crippen LogP contribution in [0.5, 0.6) is 11.5 Å². The zero-order valence-electron chi connectivity index (χ0n) is 14.4. The molecule has 0 aliphatic heterocycles. The first-order valence-corrected chi connectivity index (χ1v) is 7.98. The number of carbonyl (C=O) groups excluding carboxylic acids is 2. The number of hydrogen-bond donors (Lipinski definition) is 2. The first-order valence-electron chi connectivity index (χ1n) is 7.98. The van der Waals surface area contributed by atoms with Crippen molar-refractivity contribution < 1.29 is 19.1 Å². The third kappa shape index (κ3) is 6.18. The molecule has 0 saturated carbocycles. The lowest BCUT2D eigenvalue weighted by atomic mass is 10.2. The molecular weight excluding hydrogens is 320 g/mol. The Labute approximate surface area is 147 Å². The summed E-state index contributed by atoms with van der Waals surface area (Å²) >= 11 is 0. The predicted octanol–water partition coefficient (Wildman–Crippen LogP) is 3.45. The van der Waals surface area contributed by atoms with E-state index in [4.69, 9.17) is 9.47 Å². The van der Waals surface area contributed by atoms with Gasteiger partial charge in [0.2, 0.25) is 11.8 Å². The molecule has 0 heterocycles. The van der Waals surface area contributed by atoms with Gasteiger partial charge in [0, 0.05) is 36.3 Å². The molecule has 0 aliphatic carbocycles. The maximum Gasteiger partial charge on any atom is 0.224 e. The van der Waals surface area contributed by atoms with Crippen LogP contribution in [0.4, 0.5) is 11.4 Å². The lowest BCUT2D eigenvalue weighted by Gasteiger charge is -2.08. The molecule has 132 valence electrons. The second-order valence-corrected chi connectivity index (χ2v) is 5.41. The Bertz CT molecular complexity index is 669. The maximum atomic E-state index is 11.9. The van der Waals surface area contributed by atoms with E-state index in [1.807, 2.05) is 0 Å². The first kappa shape index (κ1) is 18.3. The summed E-state index contributed by atoms with van der Waals surface area (Å²) < 4.78 is 10.2. The van der Waals surface area contributed by atoms with E-state index >= 15 is 0 Å². The molecule has 25 heavy (non-hydrogen) atoms. The van der Waals surface area contributed by atoms with Crippen LogP contribution in [-0.4, -0.2) is 26.0 Å². The van der Waals surface area contributed by atoms with E-state index in [-0.39, 0.29) is 24.7 Å².